The van der Waals surface area contributed by atoms with E-state index in [1.165, 1.54) is 21.9 Å². The first-order valence-electron chi connectivity index (χ1n) is 7.50. The van der Waals surface area contributed by atoms with Crippen molar-refractivity contribution >= 4 is 28.2 Å². The van der Waals surface area contributed by atoms with Crippen LogP contribution >= 0.6 is 11.3 Å². The second-order valence-electron chi connectivity index (χ2n) is 5.86. The number of fused-ring (bicyclic) bond motifs is 1. The molecule has 0 atom stereocenters. The normalized spacial score (nSPS) is 17.0. The Bertz CT molecular complexity index is 804. The highest BCUT2D eigenvalue weighted by molar-refractivity contribution is 7.15. The van der Waals surface area contributed by atoms with Crippen molar-refractivity contribution in [1.29, 1.82) is 0 Å². The molecule has 0 aliphatic heterocycles. The number of hydrogen-bond acceptors (Lipinski definition) is 5. The van der Waals surface area contributed by atoms with Crippen molar-refractivity contribution in [2.45, 2.75) is 32.1 Å². The molecule has 0 bridgehead atoms. The van der Waals surface area contributed by atoms with E-state index in [2.05, 4.69) is 10.3 Å². The summed E-state index contributed by atoms with van der Waals surface area (Å²) >= 11 is 1.30. The van der Waals surface area contributed by atoms with E-state index in [-0.39, 0.29) is 12.1 Å². The van der Waals surface area contributed by atoms with Gasteiger partial charge in [0.2, 0.25) is 0 Å². The highest BCUT2D eigenvalue weighted by Crippen LogP contribution is 2.36. The quantitative estimate of drug-likeness (QED) is 0.882. The predicted octanol–water partition coefficient (Wildman–Crippen LogP) is 1.52. The zero-order valence-corrected chi connectivity index (χ0v) is 13.3. The van der Waals surface area contributed by atoms with Crippen molar-refractivity contribution in [3.05, 3.63) is 33.7 Å². The molecule has 0 unspecified atom stereocenters. The van der Waals surface area contributed by atoms with Crippen LogP contribution in [0.3, 0.4) is 0 Å². The number of aromatic nitrogens is 2. The number of thiazole rings is 1. The lowest BCUT2D eigenvalue weighted by Gasteiger charge is -2.33. The van der Waals surface area contributed by atoms with Crippen LogP contribution in [0.2, 0.25) is 0 Å². The van der Waals surface area contributed by atoms with Gasteiger partial charge < -0.3 is 10.4 Å². The van der Waals surface area contributed by atoms with Gasteiger partial charge in [-0.25, -0.2) is 4.98 Å². The molecule has 23 heavy (non-hydrogen) atoms. The number of amides is 1. The fourth-order valence-electron chi connectivity index (χ4n) is 3.02. The van der Waals surface area contributed by atoms with E-state index in [1.807, 2.05) is 0 Å². The molecule has 0 spiro atoms. The molecule has 2 heterocycles. The number of hydrogen-bond donors (Lipinski definition) is 2. The Labute approximate surface area is 136 Å². The number of carboxylic acids is 1. The monoisotopic (exact) mass is 335 g/mol. The van der Waals surface area contributed by atoms with Crippen LogP contribution in [0.5, 0.6) is 0 Å². The Hall–Kier alpha value is -2.22. The average Bonchev–Trinajstić information content (AvgIpc) is 3.03. The van der Waals surface area contributed by atoms with E-state index in [1.54, 1.807) is 11.6 Å². The topological polar surface area (TPSA) is 101 Å². The summed E-state index contributed by atoms with van der Waals surface area (Å²) in [5.74, 6) is -1.46. The minimum atomic E-state index is -0.927. The molecule has 1 aliphatic carbocycles. The fraction of sp³-hybridized carbons (Fsp3) is 0.467. The summed E-state index contributed by atoms with van der Waals surface area (Å²) in [6, 6.07) is 0. The van der Waals surface area contributed by atoms with Gasteiger partial charge in [-0.2, -0.15) is 0 Å². The van der Waals surface area contributed by atoms with Gasteiger partial charge in [0.25, 0.3) is 11.5 Å². The zero-order chi connectivity index (χ0) is 16.4. The molecule has 1 saturated carbocycles. The summed E-state index contributed by atoms with van der Waals surface area (Å²) in [4.78, 5) is 40.7. The molecule has 2 N–H and O–H groups in total. The van der Waals surface area contributed by atoms with E-state index in [4.69, 9.17) is 0 Å². The van der Waals surface area contributed by atoms with Gasteiger partial charge in [-0.1, -0.05) is 19.3 Å². The van der Waals surface area contributed by atoms with Crippen LogP contribution in [0.4, 0.5) is 0 Å². The first kappa shape index (κ1) is 15.7. The minimum absolute atomic E-state index is 0.0347. The molecule has 122 valence electrons. The van der Waals surface area contributed by atoms with E-state index >= 15 is 0 Å². The molecule has 0 aromatic carbocycles. The van der Waals surface area contributed by atoms with Crippen LogP contribution in [0.15, 0.2) is 22.6 Å². The number of carbonyl (C=O) groups excluding carboxylic acids is 1. The third-order valence-corrected chi connectivity index (χ3v) is 5.21. The average molecular weight is 335 g/mol. The van der Waals surface area contributed by atoms with Crippen molar-refractivity contribution in [2.75, 3.05) is 6.54 Å². The molecule has 2 aromatic heterocycles. The molecule has 8 heteroatoms. The van der Waals surface area contributed by atoms with Gasteiger partial charge in [0, 0.05) is 24.3 Å². The van der Waals surface area contributed by atoms with E-state index in [0.29, 0.717) is 17.8 Å². The van der Waals surface area contributed by atoms with Crippen LogP contribution in [0.1, 0.15) is 42.5 Å². The smallest absolute Gasteiger partial charge is 0.311 e. The Kier molecular flexibility index (Phi) is 4.16. The van der Waals surface area contributed by atoms with Crippen LogP contribution in [-0.2, 0) is 4.79 Å². The maximum absolute atomic E-state index is 12.3. The van der Waals surface area contributed by atoms with Gasteiger partial charge in [-0.3, -0.25) is 18.8 Å². The third kappa shape index (κ3) is 2.86. The van der Waals surface area contributed by atoms with Gasteiger partial charge in [0.15, 0.2) is 4.96 Å². The van der Waals surface area contributed by atoms with Gasteiger partial charge in [-0.05, 0) is 12.8 Å². The molecule has 7 nitrogen and oxygen atoms in total. The summed E-state index contributed by atoms with van der Waals surface area (Å²) in [5.41, 5.74) is -1.44. The lowest BCUT2D eigenvalue weighted by molar-refractivity contribution is -0.150. The Morgan fingerprint density at radius 1 is 1.35 bits per heavy atom. The second-order valence-corrected chi connectivity index (χ2v) is 6.73. The second kappa shape index (κ2) is 6.11. The predicted molar refractivity (Wildman–Crippen MR) is 84.8 cm³/mol. The van der Waals surface area contributed by atoms with Crippen LogP contribution in [0.25, 0.3) is 4.96 Å². The molecule has 1 amide bonds. The highest BCUT2D eigenvalue weighted by atomic mass is 32.1. The Balaban J connectivity index is 1.79. The van der Waals surface area contributed by atoms with Crippen molar-refractivity contribution in [1.82, 2.24) is 14.7 Å². The molecular weight excluding hydrogens is 318 g/mol. The SMILES string of the molecule is O=C(NCC1(C(=O)O)CCCCC1)c1cnc2sccn2c1=O. The van der Waals surface area contributed by atoms with Crippen molar-refractivity contribution in [3.8, 4) is 0 Å². The lowest BCUT2D eigenvalue weighted by Crippen LogP contribution is -2.45. The van der Waals surface area contributed by atoms with Crippen molar-refractivity contribution < 1.29 is 14.7 Å². The lowest BCUT2D eigenvalue weighted by atomic mass is 9.74. The summed E-state index contributed by atoms with van der Waals surface area (Å²) in [7, 11) is 0. The van der Waals surface area contributed by atoms with Gasteiger partial charge >= 0.3 is 5.97 Å². The first-order chi connectivity index (χ1) is 11.0. The Morgan fingerprint density at radius 3 is 2.78 bits per heavy atom. The zero-order valence-electron chi connectivity index (χ0n) is 12.4. The number of nitrogens with one attached hydrogen (secondary N) is 1. The number of aliphatic carboxylic acids is 1. The van der Waals surface area contributed by atoms with Gasteiger partial charge in [0.1, 0.15) is 5.56 Å². The molecule has 0 radical (unpaired) electrons. The largest absolute Gasteiger partial charge is 0.481 e. The van der Waals surface area contributed by atoms with Crippen molar-refractivity contribution in [2.24, 2.45) is 5.41 Å². The molecule has 1 fully saturated rings. The third-order valence-electron chi connectivity index (χ3n) is 4.44. The van der Waals surface area contributed by atoms with Crippen LogP contribution < -0.4 is 10.9 Å². The molecule has 0 saturated heterocycles. The summed E-state index contributed by atoms with van der Waals surface area (Å²) in [6.45, 7) is 0.0347. The van der Waals surface area contributed by atoms with E-state index < -0.39 is 22.9 Å². The molecule has 2 aromatic rings. The number of carboxylic acid groups (broad SMARTS) is 1. The summed E-state index contributed by atoms with van der Waals surface area (Å²) in [5, 5.41) is 13.8. The molecule has 3 rings (SSSR count). The van der Waals surface area contributed by atoms with E-state index in [0.717, 1.165) is 19.3 Å². The summed E-state index contributed by atoms with van der Waals surface area (Å²) < 4.78 is 1.31. The highest BCUT2D eigenvalue weighted by Gasteiger charge is 2.40. The fourth-order valence-corrected chi connectivity index (χ4v) is 3.70. The maximum atomic E-state index is 12.3. The van der Waals surface area contributed by atoms with Crippen LogP contribution in [-0.4, -0.2) is 32.9 Å². The number of rotatable bonds is 4. The molecule has 1 aliphatic rings. The van der Waals surface area contributed by atoms with Gasteiger partial charge in [-0.15, -0.1) is 11.3 Å². The number of carbonyl (C=O) groups is 2. The Morgan fingerprint density at radius 2 is 2.09 bits per heavy atom. The van der Waals surface area contributed by atoms with Crippen molar-refractivity contribution in [3.63, 3.8) is 0 Å². The standard InChI is InChI=1S/C15H17N3O4S/c19-11(10-8-16-14-18(12(10)20)6-7-23-14)17-9-15(13(21)22)4-2-1-3-5-15/h6-8H,1-5,9H2,(H,17,19)(H,21,22). The van der Waals surface area contributed by atoms with Gasteiger partial charge in [0.05, 0.1) is 5.41 Å². The first-order valence-corrected chi connectivity index (χ1v) is 8.38. The number of nitrogens with zero attached hydrogens (tertiary/aromatic N) is 2. The summed E-state index contributed by atoms with van der Waals surface area (Å²) in [6.07, 6.45) is 6.60. The maximum Gasteiger partial charge on any atom is 0.311 e. The van der Waals surface area contributed by atoms with E-state index in [9.17, 15) is 19.5 Å². The molecular formula is C15H17N3O4S. The van der Waals surface area contributed by atoms with Crippen LogP contribution in [0, 0.1) is 5.41 Å². The minimum Gasteiger partial charge on any atom is -0.481 e.